The van der Waals surface area contributed by atoms with Gasteiger partial charge in [0.1, 0.15) is 16.9 Å². The van der Waals surface area contributed by atoms with Crippen LogP contribution in [0.1, 0.15) is 27.9 Å². The Bertz CT molecular complexity index is 1260. The highest BCUT2D eigenvalue weighted by atomic mass is 19.1. The number of carbonyl (C=O) groups is 2. The lowest BCUT2D eigenvalue weighted by molar-refractivity contribution is 0.0940. The van der Waals surface area contributed by atoms with Crippen LogP contribution in [0.25, 0.3) is 11.0 Å². The number of nitrogens with zero attached hydrogens (tertiary/aromatic N) is 3. The Morgan fingerprint density at radius 2 is 1.91 bits per heavy atom. The van der Waals surface area contributed by atoms with Gasteiger partial charge in [0.25, 0.3) is 11.5 Å². The first-order valence-corrected chi connectivity index (χ1v) is 10.5. The van der Waals surface area contributed by atoms with Crippen molar-refractivity contribution in [3.05, 3.63) is 69.4 Å². The Morgan fingerprint density at radius 1 is 1.21 bits per heavy atom. The Hall–Kier alpha value is -3.99. The number of aromatic nitrogens is 2. The minimum atomic E-state index is -1.12. The summed E-state index contributed by atoms with van der Waals surface area (Å²) in [5.74, 6) is -1.80. The fourth-order valence-corrected chi connectivity index (χ4v) is 3.53. The topological polar surface area (TPSA) is 145 Å². The van der Waals surface area contributed by atoms with Crippen LogP contribution in [0.4, 0.5) is 9.18 Å². The van der Waals surface area contributed by atoms with Crippen LogP contribution >= 0.6 is 0 Å². The molecule has 0 saturated heterocycles. The highest BCUT2D eigenvalue weighted by molar-refractivity contribution is 6.01. The molecule has 0 aliphatic carbocycles. The highest BCUT2D eigenvalue weighted by Crippen LogP contribution is 2.26. The second-order valence-corrected chi connectivity index (χ2v) is 7.73. The number of aliphatic hydroxyl groups is 1. The number of amides is 2. The standard InChI is InChI=1S/C23H25FN4O6/c1-27(23(33)34)8-2-9-28-17-12-15(11-14-3-5-16(24)6-4-14)13-26-19(17)20(30)18(22(28)32)21(31)25-7-10-29/h3-6,12-13,29-30H,2,7-11H2,1H3,(H,25,31)(H,33,34). The van der Waals surface area contributed by atoms with Gasteiger partial charge in [-0.1, -0.05) is 12.1 Å². The third-order valence-electron chi connectivity index (χ3n) is 5.28. The molecule has 2 amide bonds. The van der Waals surface area contributed by atoms with Gasteiger partial charge >= 0.3 is 6.09 Å². The predicted octanol–water partition coefficient (Wildman–Crippen LogP) is 1.55. The number of aliphatic hydroxyl groups excluding tert-OH is 1. The summed E-state index contributed by atoms with van der Waals surface area (Å²) in [5, 5.41) is 31.1. The minimum Gasteiger partial charge on any atom is -0.505 e. The summed E-state index contributed by atoms with van der Waals surface area (Å²) in [6, 6.07) is 7.58. The fourth-order valence-electron chi connectivity index (χ4n) is 3.53. The number of carbonyl (C=O) groups excluding carboxylic acids is 1. The van der Waals surface area contributed by atoms with Gasteiger partial charge < -0.3 is 30.1 Å². The van der Waals surface area contributed by atoms with Gasteiger partial charge in [0.2, 0.25) is 0 Å². The first-order chi connectivity index (χ1) is 16.2. The van der Waals surface area contributed by atoms with E-state index in [0.717, 1.165) is 10.5 Å². The Balaban J connectivity index is 2.06. The van der Waals surface area contributed by atoms with Gasteiger partial charge in [-0.15, -0.1) is 0 Å². The van der Waals surface area contributed by atoms with Gasteiger partial charge in [-0.25, -0.2) is 9.18 Å². The van der Waals surface area contributed by atoms with E-state index < -0.39 is 28.9 Å². The molecule has 0 saturated carbocycles. The predicted molar refractivity (Wildman–Crippen MR) is 122 cm³/mol. The molecule has 0 unspecified atom stereocenters. The molecular weight excluding hydrogens is 447 g/mol. The molecule has 0 atom stereocenters. The number of aromatic hydroxyl groups is 1. The monoisotopic (exact) mass is 472 g/mol. The Kier molecular flexibility index (Phi) is 7.79. The molecule has 0 spiro atoms. The average molecular weight is 472 g/mol. The van der Waals surface area contributed by atoms with Gasteiger partial charge in [0.15, 0.2) is 5.75 Å². The maximum absolute atomic E-state index is 13.2. The Labute approximate surface area is 193 Å². The van der Waals surface area contributed by atoms with Crippen molar-refractivity contribution in [2.24, 2.45) is 0 Å². The number of carboxylic acid groups (broad SMARTS) is 1. The molecule has 0 radical (unpaired) electrons. The van der Waals surface area contributed by atoms with Crippen molar-refractivity contribution in [1.82, 2.24) is 19.8 Å². The zero-order valence-corrected chi connectivity index (χ0v) is 18.5. The van der Waals surface area contributed by atoms with Crippen molar-refractivity contribution in [2.45, 2.75) is 19.4 Å². The van der Waals surface area contributed by atoms with E-state index in [1.165, 1.54) is 29.9 Å². The summed E-state index contributed by atoms with van der Waals surface area (Å²) in [6.07, 6.45) is 1.03. The summed E-state index contributed by atoms with van der Waals surface area (Å²) >= 11 is 0. The number of hydrogen-bond acceptors (Lipinski definition) is 6. The largest absolute Gasteiger partial charge is 0.505 e. The van der Waals surface area contributed by atoms with Crippen LogP contribution < -0.4 is 10.9 Å². The quantitative estimate of drug-likeness (QED) is 0.370. The van der Waals surface area contributed by atoms with Crippen LogP contribution in [0, 0.1) is 5.82 Å². The fraction of sp³-hybridized carbons (Fsp3) is 0.304. The van der Waals surface area contributed by atoms with E-state index in [2.05, 4.69) is 10.3 Å². The lowest BCUT2D eigenvalue weighted by Crippen LogP contribution is -2.35. The molecule has 10 nitrogen and oxygen atoms in total. The van der Waals surface area contributed by atoms with E-state index in [1.807, 2.05) is 0 Å². The van der Waals surface area contributed by atoms with Crippen LogP contribution in [0.15, 0.2) is 41.3 Å². The molecule has 0 fully saturated rings. The number of pyridine rings is 2. The molecule has 180 valence electrons. The number of aryl methyl sites for hydroxylation is 1. The lowest BCUT2D eigenvalue weighted by atomic mass is 10.1. The molecule has 34 heavy (non-hydrogen) atoms. The summed E-state index contributed by atoms with van der Waals surface area (Å²) < 4.78 is 14.5. The van der Waals surface area contributed by atoms with E-state index in [1.54, 1.807) is 18.2 Å². The summed E-state index contributed by atoms with van der Waals surface area (Å²) in [5.41, 5.74) is 0.531. The van der Waals surface area contributed by atoms with E-state index in [-0.39, 0.29) is 49.5 Å². The van der Waals surface area contributed by atoms with E-state index in [0.29, 0.717) is 12.0 Å². The first kappa shape index (κ1) is 24.6. The SMILES string of the molecule is CN(CCCn1c(=O)c(C(=O)NCCO)c(O)c2ncc(Cc3ccc(F)cc3)cc21)C(=O)O. The summed E-state index contributed by atoms with van der Waals surface area (Å²) in [4.78, 5) is 42.1. The molecular formula is C23H25FN4O6. The van der Waals surface area contributed by atoms with Gasteiger partial charge in [-0.3, -0.25) is 14.6 Å². The third kappa shape index (κ3) is 5.49. The zero-order chi connectivity index (χ0) is 24.8. The number of benzene rings is 1. The van der Waals surface area contributed by atoms with Gasteiger partial charge in [-0.2, -0.15) is 0 Å². The van der Waals surface area contributed by atoms with Crippen LogP contribution in [0.2, 0.25) is 0 Å². The molecule has 2 heterocycles. The van der Waals surface area contributed by atoms with Gasteiger partial charge in [-0.05, 0) is 42.2 Å². The maximum atomic E-state index is 13.2. The smallest absolute Gasteiger partial charge is 0.407 e. The van der Waals surface area contributed by atoms with Crippen molar-refractivity contribution >= 4 is 23.0 Å². The summed E-state index contributed by atoms with van der Waals surface area (Å²) in [7, 11) is 1.40. The molecule has 0 aliphatic rings. The molecule has 2 aromatic heterocycles. The second-order valence-electron chi connectivity index (χ2n) is 7.73. The minimum absolute atomic E-state index is 0.0307. The lowest BCUT2D eigenvalue weighted by Gasteiger charge is -2.17. The molecule has 0 aliphatic heterocycles. The average Bonchev–Trinajstić information content (AvgIpc) is 2.81. The van der Waals surface area contributed by atoms with Gasteiger partial charge in [0, 0.05) is 32.9 Å². The first-order valence-electron chi connectivity index (χ1n) is 10.5. The van der Waals surface area contributed by atoms with Crippen molar-refractivity contribution in [3.63, 3.8) is 0 Å². The number of rotatable bonds is 9. The molecule has 1 aromatic carbocycles. The van der Waals surface area contributed by atoms with Crippen LogP contribution in [0.5, 0.6) is 5.75 Å². The van der Waals surface area contributed by atoms with E-state index >= 15 is 0 Å². The third-order valence-corrected chi connectivity index (χ3v) is 5.28. The van der Waals surface area contributed by atoms with Crippen molar-refractivity contribution in [3.8, 4) is 5.75 Å². The number of nitrogens with one attached hydrogen (secondary N) is 1. The highest BCUT2D eigenvalue weighted by Gasteiger charge is 2.23. The normalized spacial score (nSPS) is 10.9. The molecule has 0 bridgehead atoms. The number of fused-ring (bicyclic) bond motifs is 1. The van der Waals surface area contributed by atoms with E-state index in [9.17, 15) is 23.9 Å². The summed E-state index contributed by atoms with van der Waals surface area (Å²) in [6.45, 7) is -0.252. The Morgan fingerprint density at radius 3 is 2.56 bits per heavy atom. The molecule has 4 N–H and O–H groups in total. The molecule has 3 rings (SSSR count). The molecule has 11 heteroatoms. The van der Waals surface area contributed by atoms with Crippen molar-refractivity contribution in [1.29, 1.82) is 0 Å². The van der Waals surface area contributed by atoms with Crippen LogP contribution in [0.3, 0.4) is 0 Å². The van der Waals surface area contributed by atoms with Crippen molar-refractivity contribution < 1.29 is 29.3 Å². The van der Waals surface area contributed by atoms with Gasteiger partial charge in [0.05, 0.1) is 12.1 Å². The number of hydrogen-bond donors (Lipinski definition) is 4. The van der Waals surface area contributed by atoms with E-state index in [4.69, 9.17) is 10.2 Å². The van der Waals surface area contributed by atoms with Crippen LogP contribution in [-0.2, 0) is 13.0 Å². The second kappa shape index (κ2) is 10.8. The maximum Gasteiger partial charge on any atom is 0.407 e. The van der Waals surface area contributed by atoms with Crippen LogP contribution in [-0.4, -0.2) is 68.5 Å². The molecule has 3 aromatic rings. The zero-order valence-electron chi connectivity index (χ0n) is 18.5. The van der Waals surface area contributed by atoms with Crippen molar-refractivity contribution in [2.75, 3.05) is 26.7 Å². The number of halogens is 1.